The van der Waals surface area contributed by atoms with Gasteiger partial charge in [-0.1, -0.05) is 27.7 Å². The van der Waals surface area contributed by atoms with E-state index in [-0.39, 0.29) is 5.84 Å². The van der Waals surface area contributed by atoms with Crippen molar-refractivity contribution in [2.24, 2.45) is 11.7 Å². The molecule has 0 radical (unpaired) electrons. The Balaban J connectivity index is 3.44. The van der Waals surface area contributed by atoms with E-state index >= 15 is 0 Å². The molecule has 0 aliphatic heterocycles. The number of rotatable bonds is 7. The number of pyridine rings is 1. The van der Waals surface area contributed by atoms with Crippen LogP contribution in [0.3, 0.4) is 0 Å². The molecule has 0 spiro atoms. The number of nitrogen functional groups attached to an aromatic ring is 1. The number of nitrogens with two attached hydrogens (primary N) is 1. The Labute approximate surface area is 129 Å². The average molecular weight is 290 g/mol. The van der Waals surface area contributed by atoms with Gasteiger partial charge in [0.05, 0.1) is 5.56 Å². The fourth-order valence-corrected chi connectivity index (χ4v) is 2.89. The molecule has 1 aromatic rings. The zero-order valence-corrected chi connectivity index (χ0v) is 14.3. The van der Waals surface area contributed by atoms with Gasteiger partial charge in [0.2, 0.25) is 0 Å². The second kappa shape index (κ2) is 7.43. The lowest BCUT2D eigenvalue weighted by molar-refractivity contribution is 0.502. The minimum Gasteiger partial charge on any atom is -0.384 e. The fraction of sp³-hybridized carbons (Fsp3) is 0.647. The highest BCUT2D eigenvalue weighted by molar-refractivity contribution is 6.01. The van der Waals surface area contributed by atoms with Gasteiger partial charge in [-0.05, 0) is 44.2 Å². The molecule has 3 N–H and O–H groups in total. The van der Waals surface area contributed by atoms with Gasteiger partial charge in [0, 0.05) is 18.3 Å². The maximum absolute atomic E-state index is 7.93. The summed E-state index contributed by atoms with van der Waals surface area (Å²) in [5.74, 6) is 1.52. The summed E-state index contributed by atoms with van der Waals surface area (Å²) in [5.41, 5.74) is 8.63. The summed E-state index contributed by atoms with van der Waals surface area (Å²) in [6.45, 7) is 13.8. The first-order chi connectivity index (χ1) is 9.81. The van der Waals surface area contributed by atoms with Crippen LogP contribution in [0, 0.1) is 25.2 Å². The maximum Gasteiger partial charge on any atom is 0.140 e. The SMILES string of the molecule is CCC(CC)N(CC(C)C)c1nc(C)cc(C)c1C(=N)N. The van der Waals surface area contributed by atoms with Gasteiger partial charge in [0.1, 0.15) is 11.7 Å². The summed E-state index contributed by atoms with van der Waals surface area (Å²) < 4.78 is 0. The molecule has 4 heteroatoms. The van der Waals surface area contributed by atoms with Gasteiger partial charge in [0.25, 0.3) is 0 Å². The lowest BCUT2D eigenvalue weighted by Crippen LogP contribution is -2.39. The van der Waals surface area contributed by atoms with Crippen molar-refractivity contribution in [1.82, 2.24) is 4.98 Å². The number of hydrogen-bond donors (Lipinski definition) is 2. The molecular weight excluding hydrogens is 260 g/mol. The number of aryl methyl sites for hydroxylation is 2. The average Bonchev–Trinajstić information content (AvgIpc) is 2.36. The van der Waals surface area contributed by atoms with Crippen molar-refractivity contribution in [2.75, 3.05) is 11.4 Å². The van der Waals surface area contributed by atoms with Crippen molar-refractivity contribution in [2.45, 2.75) is 60.4 Å². The minimum absolute atomic E-state index is 0.106. The number of anilines is 1. The molecule has 118 valence electrons. The standard InChI is InChI=1S/C17H30N4/c1-7-14(8-2)21(10-11(3)4)17-15(16(18)19)12(5)9-13(6)20-17/h9,11,14H,7-8,10H2,1-6H3,(H3,18,19). The summed E-state index contributed by atoms with van der Waals surface area (Å²) in [6.07, 6.45) is 2.13. The largest absolute Gasteiger partial charge is 0.384 e. The van der Waals surface area contributed by atoms with Crippen molar-refractivity contribution in [1.29, 1.82) is 5.41 Å². The van der Waals surface area contributed by atoms with Crippen LogP contribution in [0.1, 0.15) is 57.4 Å². The molecule has 0 aromatic carbocycles. The number of hydrogen-bond acceptors (Lipinski definition) is 3. The monoisotopic (exact) mass is 290 g/mol. The lowest BCUT2D eigenvalue weighted by Gasteiger charge is -2.35. The third-order valence-corrected chi connectivity index (χ3v) is 3.81. The molecule has 0 aliphatic rings. The van der Waals surface area contributed by atoms with Crippen LogP contribution in [0.15, 0.2) is 6.07 Å². The van der Waals surface area contributed by atoms with Gasteiger partial charge in [-0.25, -0.2) is 4.98 Å². The van der Waals surface area contributed by atoms with E-state index in [1.807, 2.05) is 19.9 Å². The van der Waals surface area contributed by atoms with E-state index in [4.69, 9.17) is 16.1 Å². The molecule has 0 saturated heterocycles. The van der Waals surface area contributed by atoms with Gasteiger partial charge < -0.3 is 10.6 Å². The van der Waals surface area contributed by atoms with Crippen LogP contribution in [0.4, 0.5) is 5.82 Å². The first kappa shape index (κ1) is 17.5. The predicted octanol–water partition coefficient (Wildman–Crippen LogP) is 3.63. The molecule has 0 aliphatic carbocycles. The maximum atomic E-state index is 7.93. The second-order valence-electron chi connectivity index (χ2n) is 6.21. The van der Waals surface area contributed by atoms with E-state index in [0.717, 1.165) is 42.0 Å². The van der Waals surface area contributed by atoms with Crippen LogP contribution < -0.4 is 10.6 Å². The molecule has 1 aromatic heterocycles. The second-order valence-corrected chi connectivity index (χ2v) is 6.21. The van der Waals surface area contributed by atoms with Gasteiger partial charge in [-0.3, -0.25) is 5.41 Å². The van der Waals surface area contributed by atoms with Crippen LogP contribution in [0.2, 0.25) is 0 Å². The number of nitrogens with one attached hydrogen (secondary N) is 1. The first-order valence-corrected chi connectivity index (χ1v) is 7.90. The zero-order chi connectivity index (χ0) is 16.2. The van der Waals surface area contributed by atoms with E-state index in [2.05, 4.69) is 32.6 Å². The molecule has 0 amide bonds. The van der Waals surface area contributed by atoms with Gasteiger partial charge in [0.15, 0.2) is 0 Å². The summed E-state index contributed by atoms with van der Waals surface area (Å²) in [7, 11) is 0. The Bertz CT molecular complexity index is 490. The van der Waals surface area contributed by atoms with Crippen LogP contribution in [0.5, 0.6) is 0 Å². The zero-order valence-electron chi connectivity index (χ0n) is 14.3. The summed E-state index contributed by atoms with van der Waals surface area (Å²) in [5, 5.41) is 7.93. The Kier molecular flexibility index (Phi) is 6.19. The van der Waals surface area contributed by atoms with Crippen LogP contribution in [0.25, 0.3) is 0 Å². The summed E-state index contributed by atoms with van der Waals surface area (Å²) >= 11 is 0. The number of nitrogens with zero attached hydrogens (tertiary/aromatic N) is 2. The fourth-order valence-electron chi connectivity index (χ4n) is 2.89. The van der Waals surface area contributed by atoms with E-state index in [9.17, 15) is 0 Å². The van der Waals surface area contributed by atoms with Gasteiger partial charge in [-0.2, -0.15) is 0 Å². The molecular formula is C17H30N4. The molecule has 4 nitrogen and oxygen atoms in total. The third-order valence-electron chi connectivity index (χ3n) is 3.81. The lowest BCUT2D eigenvalue weighted by atomic mass is 10.0. The van der Waals surface area contributed by atoms with Crippen molar-refractivity contribution < 1.29 is 0 Å². The quantitative estimate of drug-likeness (QED) is 0.595. The van der Waals surface area contributed by atoms with E-state index < -0.39 is 0 Å². The molecule has 0 saturated carbocycles. The van der Waals surface area contributed by atoms with E-state index in [0.29, 0.717) is 12.0 Å². The Morgan fingerprint density at radius 3 is 2.29 bits per heavy atom. The topological polar surface area (TPSA) is 66.0 Å². The highest BCUT2D eigenvalue weighted by Crippen LogP contribution is 2.27. The minimum atomic E-state index is 0.106. The third kappa shape index (κ3) is 4.19. The number of aromatic nitrogens is 1. The normalized spacial score (nSPS) is 11.2. The summed E-state index contributed by atoms with van der Waals surface area (Å²) in [4.78, 5) is 7.08. The highest BCUT2D eigenvalue weighted by atomic mass is 15.2. The van der Waals surface area contributed by atoms with Crippen LogP contribution in [-0.4, -0.2) is 23.4 Å². The Hall–Kier alpha value is -1.58. The van der Waals surface area contributed by atoms with E-state index in [1.54, 1.807) is 0 Å². The van der Waals surface area contributed by atoms with Crippen molar-refractivity contribution in [3.63, 3.8) is 0 Å². The molecule has 0 bridgehead atoms. The van der Waals surface area contributed by atoms with Gasteiger partial charge in [-0.15, -0.1) is 0 Å². The van der Waals surface area contributed by atoms with Crippen LogP contribution >= 0.6 is 0 Å². The predicted molar refractivity (Wildman–Crippen MR) is 91.3 cm³/mol. The number of amidine groups is 1. The van der Waals surface area contributed by atoms with E-state index in [1.165, 1.54) is 0 Å². The molecule has 1 rings (SSSR count). The molecule has 0 atom stereocenters. The van der Waals surface area contributed by atoms with Crippen molar-refractivity contribution >= 4 is 11.7 Å². The Morgan fingerprint density at radius 1 is 1.29 bits per heavy atom. The van der Waals surface area contributed by atoms with Crippen molar-refractivity contribution in [3.05, 3.63) is 22.9 Å². The van der Waals surface area contributed by atoms with Crippen molar-refractivity contribution in [3.8, 4) is 0 Å². The molecule has 1 heterocycles. The summed E-state index contributed by atoms with van der Waals surface area (Å²) in [6, 6.07) is 2.43. The first-order valence-electron chi connectivity index (χ1n) is 7.90. The molecule has 0 unspecified atom stereocenters. The van der Waals surface area contributed by atoms with Gasteiger partial charge >= 0.3 is 0 Å². The smallest absolute Gasteiger partial charge is 0.140 e. The Morgan fingerprint density at radius 2 is 1.86 bits per heavy atom. The highest BCUT2D eigenvalue weighted by Gasteiger charge is 2.23. The molecule has 21 heavy (non-hydrogen) atoms. The van der Waals surface area contributed by atoms with Crippen LogP contribution in [-0.2, 0) is 0 Å². The molecule has 0 fully saturated rings.